The average molecular weight is 176 g/mol. The van der Waals surface area contributed by atoms with Crippen molar-refractivity contribution in [3.8, 4) is 0 Å². The fraction of sp³-hybridized carbons (Fsp3) is 0.200. The smallest absolute Gasteiger partial charge is 0.185 e. The van der Waals surface area contributed by atoms with E-state index in [1.165, 1.54) is 18.2 Å². The summed E-state index contributed by atoms with van der Waals surface area (Å²) in [5.74, 6) is -0.426. The van der Waals surface area contributed by atoms with Crippen molar-refractivity contribution in [3.63, 3.8) is 0 Å². The second-order valence-electron chi connectivity index (χ2n) is 3.03. The number of ketones is 2. The van der Waals surface area contributed by atoms with Crippen molar-refractivity contribution in [2.45, 2.75) is 12.5 Å². The predicted molar refractivity (Wildman–Crippen MR) is 45.9 cm³/mol. The highest BCUT2D eigenvalue weighted by molar-refractivity contribution is 6.21. The summed E-state index contributed by atoms with van der Waals surface area (Å²) in [6, 6.07) is 0. The average Bonchev–Trinajstić information content (AvgIpc) is 2.12. The monoisotopic (exact) mass is 176 g/mol. The predicted octanol–water partition coefficient (Wildman–Crippen LogP) is 0.312. The van der Waals surface area contributed by atoms with Gasteiger partial charge in [0.1, 0.15) is 6.10 Å². The zero-order valence-electron chi connectivity index (χ0n) is 6.86. The van der Waals surface area contributed by atoms with Crippen LogP contribution in [0.15, 0.2) is 35.5 Å². The molecule has 66 valence electrons. The number of hydrogen-bond donors (Lipinski definition) is 1. The third-order valence-corrected chi connectivity index (χ3v) is 2.21. The van der Waals surface area contributed by atoms with E-state index in [1.54, 1.807) is 6.08 Å². The summed E-state index contributed by atoms with van der Waals surface area (Å²) < 4.78 is 0. The maximum atomic E-state index is 11.3. The minimum absolute atomic E-state index is 0.169. The van der Waals surface area contributed by atoms with E-state index in [0.29, 0.717) is 12.0 Å². The maximum absolute atomic E-state index is 11.3. The number of rotatable bonds is 0. The SMILES string of the molecule is O=C1C=CC(=O)C2=C1CC=CC2O. The van der Waals surface area contributed by atoms with Crippen molar-refractivity contribution in [2.24, 2.45) is 0 Å². The van der Waals surface area contributed by atoms with Crippen molar-refractivity contribution in [2.75, 3.05) is 0 Å². The van der Waals surface area contributed by atoms with E-state index in [-0.39, 0.29) is 17.1 Å². The molecule has 13 heavy (non-hydrogen) atoms. The quantitative estimate of drug-likeness (QED) is 0.427. The molecule has 0 bridgehead atoms. The van der Waals surface area contributed by atoms with Crippen molar-refractivity contribution < 1.29 is 14.7 Å². The van der Waals surface area contributed by atoms with Crippen molar-refractivity contribution >= 4 is 11.6 Å². The lowest BCUT2D eigenvalue weighted by Gasteiger charge is -2.19. The van der Waals surface area contributed by atoms with E-state index >= 15 is 0 Å². The summed E-state index contributed by atoms with van der Waals surface area (Å²) in [6.45, 7) is 0. The van der Waals surface area contributed by atoms with E-state index in [9.17, 15) is 14.7 Å². The van der Waals surface area contributed by atoms with Crippen molar-refractivity contribution in [3.05, 3.63) is 35.5 Å². The van der Waals surface area contributed by atoms with Gasteiger partial charge in [-0.2, -0.15) is 0 Å². The Kier molecular flexibility index (Phi) is 1.74. The summed E-state index contributed by atoms with van der Waals surface area (Å²) in [6.07, 6.45) is 5.24. The molecule has 0 saturated carbocycles. The van der Waals surface area contributed by atoms with E-state index in [1.807, 2.05) is 0 Å². The van der Waals surface area contributed by atoms with Crippen LogP contribution in [0.4, 0.5) is 0 Å². The van der Waals surface area contributed by atoms with Gasteiger partial charge in [0.05, 0.1) is 0 Å². The van der Waals surface area contributed by atoms with Crippen LogP contribution in [0.25, 0.3) is 0 Å². The highest BCUT2D eigenvalue weighted by Gasteiger charge is 2.27. The minimum atomic E-state index is -0.912. The molecule has 0 heterocycles. The second kappa shape index (κ2) is 2.78. The van der Waals surface area contributed by atoms with E-state index in [4.69, 9.17) is 0 Å². The molecule has 0 amide bonds. The van der Waals surface area contributed by atoms with Gasteiger partial charge in [0.2, 0.25) is 0 Å². The second-order valence-corrected chi connectivity index (χ2v) is 3.03. The number of aliphatic hydroxyl groups is 1. The highest BCUT2D eigenvalue weighted by Crippen LogP contribution is 2.25. The van der Waals surface area contributed by atoms with Crippen LogP contribution in [0.5, 0.6) is 0 Å². The molecule has 0 spiro atoms. The van der Waals surface area contributed by atoms with Gasteiger partial charge < -0.3 is 5.11 Å². The Morgan fingerprint density at radius 2 is 1.92 bits per heavy atom. The van der Waals surface area contributed by atoms with Gasteiger partial charge >= 0.3 is 0 Å². The summed E-state index contributed by atoms with van der Waals surface area (Å²) in [5, 5.41) is 9.44. The molecule has 2 aliphatic rings. The molecule has 1 N–H and O–H groups in total. The molecule has 1 atom stereocenters. The fourth-order valence-electron chi connectivity index (χ4n) is 1.57. The Morgan fingerprint density at radius 1 is 1.23 bits per heavy atom. The van der Waals surface area contributed by atoms with Gasteiger partial charge in [0, 0.05) is 11.1 Å². The van der Waals surface area contributed by atoms with Crippen molar-refractivity contribution in [1.82, 2.24) is 0 Å². The van der Waals surface area contributed by atoms with Gasteiger partial charge in [0.15, 0.2) is 11.6 Å². The van der Waals surface area contributed by atoms with Crippen LogP contribution in [0.2, 0.25) is 0 Å². The third-order valence-electron chi connectivity index (χ3n) is 2.21. The number of allylic oxidation sites excluding steroid dienone is 4. The molecule has 0 fully saturated rings. The van der Waals surface area contributed by atoms with Gasteiger partial charge in [-0.05, 0) is 18.6 Å². The maximum Gasteiger partial charge on any atom is 0.185 e. The molecule has 0 aromatic carbocycles. The van der Waals surface area contributed by atoms with Crippen LogP contribution >= 0.6 is 0 Å². The van der Waals surface area contributed by atoms with E-state index < -0.39 is 6.10 Å². The van der Waals surface area contributed by atoms with Crippen LogP contribution in [-0.4, -0.2) is 22.8 Å². The summed E-state index contributed by atoms with van der Waals surface area (Å²) in [4.78, 5) is 22.6. The first kappa shape index (κ1) is 8.13. The molecule has 0 radical (unpaired) electrons. The molecule has 0 aromatic rings. The normalized spacial score (nSPS) is 26.7. The van der Waals surface area contributed by atoms with E-state index in [0.717, 1.165) is 0 Å². The van der Waals surface area contributed by atoms with Crippen molar-refractivity contribution in [1.29, 1.82) is 0 Å². The minimum Gasteiger partial charge on any atom is -0.384 e. The van der Waals surface area contributed by atoms with Crippen LogP contribution < -0.4 is 0 Å². The van der Waals surface area contributed by atoms with Gasteiger partial charge in [-0.25, -0.2) is 0 Å². The Balaban J connectivity index is 2.50. The molecule has 2 aliphatic carbocycles. The Morgan fingerprint density at radius 3 is 2.62 bits per heavy atom. The highest BCUT2D eigenvalue weighted by atomic mass is 16.3. The molecule has 1 unspecified atom stereocenters. The zero-order chi connectivity index (χ0) is 9.42. The third kappa shape index (κ3) is 1.17. The number of carbonyl (C=O) groups excluding carboxylic acids is 2. The lowest BCUT2D eigenvalue weighted by Crippen LogP contribution is -2.25. The number of aliphatic hydroxyl groups excluding tert-OH is 1. The lowest BCUT2D eigenvalue weighted by atomic mass is 9.86. The molecular weight excluding hydrogens is 168 g/mol. The molecular formula is C10H8O3. The summed E-state index contributed by atoms with van der Waals surface area (Å²) >= 11 is 0. The standard InChI is InChI=1S/C10H8O3/c11-7-4-5-9(13)10-6(7)2-1-3-8(10)12/h1,3-5,8,12H,2H2. The van der Waals surface area contributed by atoms with E-state index in [2.05, 4.69) is 0 Å². The first-order chi connectivity index (χ1) is 6.20. The molecule has 0 saturated heterocycles. The largest absolute Gasteiger partial charge is 0.384 e. The molecule has 3 nitrogen and oxygen atoms in total. The number of carbonyl (C=O) groups is 2. The van der Waals surface area contributed by atoms with Gasteiger partial charge in [-0.1, -0.05) is 12.2 Å². The Labute approximate surface area is 75.1 Å². The van der Waals surface area contributed by atoms with Gasteiger partial charge in [0.25, 0.3) is 0 Å². The summed E-state index contributed by atoms with van der Waals surface area (Å²) in [7, 11) is 0. The first-order valence-electron chi connectivity index (χ1n) is 4.04. The van der Waals surface area contributed by atoms with Gasteiger partial charge in [-0.3, -0.25) is 9.59 Å². The van der Waals surface area contributed by atoms with Crippen LogP contribution in [0.3, 0.4) is 0 Å². The first-order valence-corrected chi connectivity index (χ1v) is 4.04. The number of hydrogen-bond acceptors (Lipinski definition) is 3. The molecule has 2 rings (SSSR count). The summed E-state index contributed by atoms with van der Waals surface area (Å²) in [5.41, 5.74) is 0.678. The fourth-order valence-corrected chi connectivity index (χ4v) is 1.57. The molecule has 3 heteroatoms. The Bertz CT molecular complexity index is 372. The van der Waals surface area contributed by atoms with Crippen LogP contribution in [0.1, 0.15) is 6.42 Å². The van der Waals surface area contributed by atoms with Gasteiger partial charge in [-0.15, -0.1) is 0 Å². The van der Waals surface area contributed by atoms with Crippen LogP contribution in [0, 0.1) is 0 Å². The topological polar surface area (TPSA) is 54.4 Å². The zero-order valence-corrected chi connectivity index (χ0v) is 6.86. The Hall–Kier alpha value is -1.48. The van der Waals surface area contributed by atoms with Crippen LogP contribution in [-0.2, 0) is 9.59 Å². The molecule has 0 aromatic heterocycles. The lowest BCUT2D eigenvalue weighted by molar-refractivity contribution is -0.115. The molecule has 0 aliphatic heterocycles.